The van der Waals surface area contributed by atoms with Gasteiger partial charge in [-0.05, 0) is 31.0 Å². The Morgan fingerprint density at radius 3 is 2.74 bits per heavy atom. The molecule has 1 aliphatic rings. The number of carbonyl (C=O) groups excluding carboxylic acids is 2. The molecule has 1 heterocycles. The molecule has 1 aliphatic heterocycles. The lowest BCUT2D eigenvalue weighted by Gasteiger charge is -2.32. The predicted molar refractivity (Wildman–Crippen MR) is 85.3 cm³/mol. The molecule has 1 aromatic rings. The predicted octanol–water partition coefficient (Wildman–Crippen LogP) is 1.98. The maximum absolute atomic E-state index is 12.4. The summed E-state index contributed by atoms with van der Waals surface area (Å²) in [5, 5.41) is 12.0. The number of nitriles is 1. The highest BCUT2D eigenvalue weighted by Gasteiger charge is 2.24. The van der Waals surface area contributed by atoms with E-state index in [-0.39, 0.29) is 24.3 Å². The minimum Gasteiger partial charge on any atom is -0.496 e. The van der Waals surface area contributed by atoms with Gasteiger partial charge < -0.3 is 15.0 Å². The molecule has 23 heavy (non-hydrogen) atoms. The Balaban J connectivity index is 1.94. The SMILES string of the molecule is COc1ccc(Cl)cc1C(=O)NC1CCN(C(=O)CC#N)CC1. The third-order valence-corrected chi connectivity index (χ3v) is 4.05. The number of likely N-dealkylation sites (tertiary alicyclic amines) is 1. The van der Waals surface area contributed by atoms with Crippen molar-refractivity contribution in [1.29, 1.82) is 5.26 Å². The van der Waals surface area contributed by atoms with Crippen LogP contribution in [0.3, 0.4) is 0 Å². The number of rotatable bonds is 4. The van der Waals surface area contributed by atoms with E-state index >= 15 is 0 Å². The maximum Gasteiger partial charge on any atom is 0.255 e. The van der Waals surface area contributed by atoms with E-state index in [1.807, 2.05) is 6.07 Å². The number of hydrogen-bond donors (Lipinski definition) is 1. The fraction of sp³-hybridized carbons (Fsp3) is 0.438. The largest absolute Gasteiger partial charge is 0.496 e. The van der Waals surface area contributed by atoms with Crippen LogP contribution in [0.15, 0.2) is 18.2 Å². The number of methoxy groups -OCH3 is 1. The minimum absolute atomic E-state index is 0.0164. The Morgan fingerprint density at radius 1 is 1.43 bits per heavy atom. The van der Waals surface area contributed by atoms with Gasteiger partial charge >= 0.3 is 0 Å². The lowest BCUT2D eigenvalue weighted by molar-refractivity contribution is -0.131. The van der Waals surface area contributed by atoms with Gasteiger partial charge in [0.15, 0.2) is 0 Å². The first kappa shape index (κ1) is 17.1. The Kier molecular flexibility index (Phi) is 5.83. The molecule has 0 radical (unpaired) electrons. The second kappa shape index (κ2) is 7.84. The molecule has 1 N–H and O–H groups in total. The van der Waals surface area contributed by atoms with Crippen molar-refractivity contribution in [2.24, 2.45) is 0 Å². The van der Waals surface area contributed by atoms with E-state index in [4.69, 9.17) is 21.6 Å². The molecule has 1 aromatic carbocycles. The van der Waals surface area contributed by atoms with E-state index < -0.39 is 0 Å². The van der Waals surface area contributed by atoms with E-state index in [9.17, 15) is 9.59 Å². The Morgan fingerprint density at radius 2 is 2.13 bits per heavy atom. The van der Waals surface area contributed by atoms with Crippen molar-refractivity contribution in [3.05, 3.63) is 28.8 Å². The highest BCUT2D eigenvalue weighted by molar-refractivity contribution is 6.31. The van der Waals surface area contributed by atoms with Crippen molar-refractivity contribution in [3.63, 3.8) is 0 Å². The second-order valence-electron chi connectivity index (χ2n) is 5.31. The van der Waals surface area contributed by atoms with E-state index in [0.717, 1.165) is 0 Å². The summed E-state index contributed by atoms with van der Waals surface area (Å²) in [6.07, 6.45) is 1.22. The van der Waals surface area contributed by atoms with Crippen molar-refractivity contribution >= 4 is 23.4 Å². The van der Waals surface area contributed by atoms with Crippen LogP contribution in [-0.4, -0.2) is 43.0 Å². The average molecular weight is 336 g/mol. The van der Waals surface area contributed by atoms with E-state index in [0.29, 0.717) is 42.3 Å². The maximum atomic E-state index is 12.4. The molecule has 1 fully saturated rings. The summed E-state index contributed by atoms with van der Waals surface area (Å²) >= 11 is 5.94. The van der Waals surface area contributed by atoms with Crippen molar-refractivity contribution in [3.8, 4) is 11.8 Å². The molecule has 0 aromatic heterocycles. The van der Waals surface area contributed by atoms with Gasteiger partial charge in [-0.2, -0.15) is 5.26 Å². The summed E-state index contributed by atoms with van der Waals surface area (Å²) in [4.78, 5) is 25.7. The molecule has 7 heteroatoms. The first-order valence-corrected chi connectivity index (χ1v) is 7.72. The quantitative estimate of drug-likeness (QED) is 0.912. The van der Waals surface area contributed by atoms with Crippen molar-refractivity contribution < 1.29 is 14.3 Å². The normalized spacial score (nSPS) is 14.9. The molecule has 6 nitrogen and oxygen atoms in total. The fourth-order valence-corrected chi connectivity index (χ4v) is 2.75. The van der Waals surface area contributed by atoms with E-state index in [2.05, 4.69) is 5.32 Å². The molecule has 2 amide bonds. The highest BCUT2D eigenvalue weighted by atomic mass is 35.5. The number of halogens is 1. The topological polar surface area (TPSA) is 82.4 Å². The summed E-state index contributed by atoms with van der Waals surface area (Å²) in [7, 11) is 1.50. The summed E-state index contributed by atoms with van der Waals surface area (Å²) in [5.41, 5.74) is 0.392. The van der Waals surface area contributed by atoms with Crippen LogP contribution in [0.2, 0.25) is 5.02 Å². The average Bonchev–Trinajstić information content (AvgIpc) is 2.55. The van der Waals surface area contributed by atoms with Crippen LogP contribution < -0.4 is 10.1 Å². The van der Waals surface area contributed by atoms with Gasteiger partial charge in [0.1, 0.15) is 12.2 Å². The van der Waals surface area contributed by atoms with Gasteiger partial charge in [0.2, 0.25) is 5.91 Å². The Labute approximate surface area is 140 Å². The molecule has 0 spiro atoms. The monoisotopic (exact) mass is 335 g/mol. The zero-order chi connectivity index (χ0) is 16.8. The van der Waals surface area contributed by atoms with Crippen LogP contribution in [0, 0.1) is 11.3 Å². The van der Waals surface area contributed by atoms with Crippen LogP contribution in [0.1, 0.15) is 29.6 Å². The number of benzene rings is 1. The third kappa shape index (κ3) is 4.36. The lowest BCUT2D eigenvalue weighted by Crippen LogP contribution is -2.46. The summed E-state index contributed by atoms with van der Waals surface area (Å²) in [6, 6.07) is 6.73. The fourth-order valence-electron chi connectivity index (χ4n) is 2.57. The second-order valence-corrected chi connectivity index (χ2v) is 5.74. The number of nitrogens with one attached hydrogen (secondary N) is 1. The Bertz CT molecular complexity index is 634. The van der Waals surface area contributed by atoms with Gasteiger partial charge in [-0.3, -0.25) is 9.59 Å². The first-order valence-electron chi connectivity index (χ1n) is 7.34. The van der Waals surface area contributed by atoms with Crippen LogP contribution in [0.25, 0.3) is 0 Å². The molecular formula is C16H18ClN3O3. The number of ether oxygens (including phenoxy) is 1. The van der Waals surface area contributed by atoms with Gasteiger partial charge in [0.25, 0.3) is 5.91 Å². The zero-order valence-electron chi connectivity index (χ0n) is 12.8. The summed E-state index contributed by atoms with van der Waals surface area (Å²) < 4.78 is 5.18. The molecule has 0 saturated carbocycles. The Hall–Kier alpha value is -2.26. The van der Waals surface area contributed by atoms with Crippen LogP contribution in [0.4, 0.5) is 0 Å². The molecule has 0 aliphatic carbocycles. The van der Waals surface area contributed by atoms with Crippen molar-refractivity contribution in [2.75, 3.05) is 20.2 Å². The van der Waals surface area contributed by atoms with Gasteiger partial charge in [-0.15, -0.1) is 0 Å². The third-order valence-electron chi connectivity index (χ3n) is 3.82. The number of carbonyl (C=O) groups is 2. The van der Waals surface area contributed by atoms with Crippen LogP contribution >= 0.6 is 11.6 Å². The molecule has 0 unspecified atom stereocenters. The molecular weight excluding hydrogens is 318 g/mol. The van der Waals surface area contributed by atoms with Gasteiger partial charge in [-0.1, -0.05) is 11.6 Å². The minimum atomic E-state index is -0.244. The van der Waals surface area contributed by atoms with Gasteiger partial charge in [0.05, 0.1) is 18.7 Å². The van der Waals surface area contributed by atoms with E-state index in [1.54, 1.807) is 23.1 Å². The molecule has 122 valence electrons. The standard InChI is InChI=1S/C16H18ClN3O3/c1-23-14-3-2-11(17)10-13(14)16(22)19-12-5-8-20(9-6-12)15(21)4-7-18/h2-3,10,12H,4-6,8-9H2,1H3,(H,19,22). The molecule has 0 bridgehead atoms. The molecule has 1 saturated heterocycles. The number of nitrogens with zero attached hydrogens (tertiary/aromatic N) is 2. The number of piperidine rings is 1. The summed E-state index contributed by atoms with van der Waals surface area (Å²) in [5.74, 6) is 0.0634. The molecule has 2 rings (SSSR count). The zero-order valence-corrected chi connectivity index (χ0v) is 13.6. The van der Waals surface area contributed by atoms with Crippen molar-refractivity contribution in [2.45, 2.75) is 25.3 Å². The smallest absolute Gasteiger partial charge is 0.255 e. The number of hydrogen-bond acceptors (Lipinski definition) is 4. The molecule has 0 atom stereocenters. The first-order chi connectivity index (χ1) is 11.0. The van der Waals surface area contributed by atoms with Gasteiger partial charge in [0, 0.05) is 24.2 Å². The lowest BCUT2D eigenvalue weighted by atomic mass is 10.0. The number of amides is 2. The summed E-state index contributed by atoms with van der Waals surface area (Å²) in [6.45, 7) is 1.08. The highest BCUT2D eigenvalue weighted by Crippen LogP contribution is 2.23. The van der Waals surface area contributed by atoms with Gasteiger partial charge in [-0.25, -0.2) is 0 Å². The van der Waals surface area contributed by atoms with Crippen LogP contribution in [0.5, 0.6) is 5.75 Å². The van der Waals surface area contributed by atoms with E-state index in [1.165, 1.54) is 7.11 Å². The van der Waals surface area contributed by atoms with Crippen LogP contribution in [-0.2, 0) is 4.79 Å². The van der Waals surface area contributed by atoms with Crippen molar-refractivity contribution in [1.82, 2.24) is 10.2 Å².